The van der Waals surface area contributed by atoms with Crippen LogP contribution in [0.2, 0.25) is 5.02 Å². The predicted octanol–water partition coefficient (Wildman–Crippen LogP) is 4.15. The van der Waals surface area contributed by atoms with Crippen LogP contribution in [-0.2, 0) is 0 Å². The minimum atomic E-state index is 0.168. The van der Waals surface area contributed by atoms with E-state index in [9.17, 15) is 0 Å². The van der Waals surface area contributed by atoms with Gasteiger partial charge in [0, 0.05) is 10.6 Å². The van der Waals surface area contributed by atoms with E-state index in [1.165, 1.54) is 4.88 Å². The van der Waals surface area contributed by atoms with Crippen LogP contribution in [0.3, 0.4) is 0 Å². The SMILES string of the molecule is Cc1ncsc1C(C)Nc1ccc(C#N)c(Cl)c1. The van der Waals surface area contributed by atoms with Crippen LogP contribution in [0, 0.1) is 18.3 Å². The first kappa shape index (κ1) is 12.9. The number of aryl methyl sites for hydroxylation is 1. The van der Waals surface area contributed by atoms with Gasteiger partial charge in [-0.05, 0) is 32.0 Å². The van der Waals surface area contributed by atoms with Crippen LogP contribution in [-0.4, -0.2) is 4.98 Å². The molecule has 0 saturated heterocycles. The van der Waals surface area contributed by atoms with Crippen LogP contribution in [0.5, 0.6) is 0 Å². The standard InChI is InChI=1S/C13H12ClN3S/c1-8-13(18-7-16-8)9(2)17-11-4-3-10(6-15)12(14)5-11/h3-5,7,9,17H,1-2H3. The van der Waals surface area contributed by atoms with Crippen molar-refractivity contribution in [2.75, 3.05) is 5.32 Å². The van der Waals surface area contributed by atoms with Gasteiger partial charge in [0.05, 0.1) is 27.8 Å². The second kappa shape index (κ2) is 5.38. The summed E-state index contributed by atoms with van der Waals surface area (Å²) in [5, 5.41) is 12.6. The Morgan fingerprint density at radius 3 is 2.83 bits per heavy atom. The largest absolute Gasteiger partial charge is 0.378 e. The van der Waals surface area contributed by atoms with E-state index in [4.69, 9.17) is 16.9 Å². The van der Waals surface area contributed by atoms with Crippen molar-refractivity contribution >= 4 is 28.6 Å². The topological polar surface area (TPSA) is 48.7 Å². The fraction of sp³-hybridized carbons (Fsp3) is 0.231. The maximum Gasteiger partial charge on any atom is 0.101 e. The highest BCUT2D eigenvalue weighted by Gasteiger charge is 2.11. The molecule has 1 atom stereocenters. The van der Waals surface area contributed by atoms with Crippen LogP contribution in [0.4, 0.5) is 5.69 Å². The van der Waals surface area contributed by atoms with Gasteiger partial charge in [-0.3, -0.25) is 0 Å². The molecule has 0 amide bonds. The quantitative estimate of drug-likeness (QED) is 0.917. The summed E-state index contributed by atoms with van der Waals surface area (Å²) in [4.78, 5) is 5.44. The van der Waals surface area contributed by atoms with Crippen molar-refractivity contribution < 1.29 is 0 Å². The molecule has 0 aliphatic rings. The third kappa shape index (κ3) is 2.63. The lowest BCUT2D eigenvalue weighted by atomic mass is 10.2. The zero-order chi connectivity index (χ0) is 13.1. The lowest BCUT2D eigenvalue weighted by molar-refractivity contribution is 0.890. The van der Waals surface area contributed by atoms with E-state index in [1.54, 1.807) is 23.5 Å². The normalized spacial score (nSPS) is 11.9. The predicted molar refractivity (Wildman–Crippen MR) is 75.1 cm³/mol. The van der Waals surface area contributed by atoms with Gasteiger partial charge in [-0.2, -0.15) is 5.26 Å². The van der Waals surface area contributed by atoms with E-state index in [2.05, 4.69) is 17.2 Å². The number of benzene rings is 1. The first-order chi connectivity index (χ1) is 8.61. The zero-order valence-electron chi connectivity index (χ0n) is 10.1. The number of rotatable bonds is 3. The Balaban J connectivity index is 2.18. The number of aromatic nitrogens is 1. The molecular formula is C13H12ClN3S. The van der Waals surface area contributed by atoms with Gasteiger partial charge >= 0.3 is 0 Å². The molecule has 2 aromatic rings. The molecule has 1 aromatic carbocycles. The molecule has 5 heteroatoms. The number of thiazole rings is 1. The Morgan fingerprint density at radius 1 is 1.50 bits per heavy atom. The number of nitrogens with one attached hydrogen (secondary N) is 1. The second-order valence-electron chi connectivity index (χ2n) is 3.97. The molecular weight excluding hydrogens is 266 g/mol. The van der Waals surface area contributed by atoms with Crippen molar-refractivity contribution in [3.8, 4) is 6.07 Å². The van der Waals surface area contributed by atoms with Crippen molar-refractivity contribution in [2.45, 2.75) is 19.9 Å². The third-order valence-corrected chi connectivity index (χ3v) is 4.08. The van der Waals surface area contributed by atoms with Crippen molar-refractivity contribution in [2.24, 2.45) is 0 Å². The molecule has 1 N–H and O–H groups in total. The molecule has 92 valence electrons. The van der Waals surface area contributed by atoms with Crippen molar-refractivity contribution in [3.63, 3.8) is 0 Å². The molecule has 1 aromatic heterocycles. The van der Waals surface area contributed by atoms with E-state index >= 15 is 0 Å². The second-order valence-corrected chi connectivity index (χ2v) is 5.27. The van der Waals surface area contributed by atoms with E-state index < -0.39 is 0 Å². The van der Waals surface area contributed by atoms with Crippen molar-refractivity contribution in [1.29, 1.82) is 5.26 Å². The minimum Gasteiger partial charge on any atom is -0.378 e. The summed E-state index contributed by atoms with van der Waals surface area (Å²) in [5.41, 5.74) is 4.28. The molecule has 0 radical (unpaired) electrons. The van der Waals surface area contributed by atoms with Crippen LogP contribution in [0.1, 0.15) is 29.1 Å². The number of hydrogen-bond acceptors (Lipinski definition) is 4. The Labute approximate surface area is 115 Å². The monoisotopic (exact) mass is 277 g/mol. The molecule has 1 heterocycles. The van der Waals surface area contributed by atoms with Gasteiger partial charge in [-0.25, -0.2) is 4.98 Å². The van der Waals surface area contributed by atoms with Crippen molar-refractivity contribution in [3.05, 3.63) is 44.9 Å². The first-order valence-electron chi connectivity index (χ1n) is 5.48. The molecule has 0 saturated carbocycles. The highest BCUT2D eigenvalue weighted by Crippen LogP contribution is 2.27. The van der Waals surface area contributed by atoms with Gasteiger partial charge in [-0.15, -0.1) is 11.3 Å². The van der Waals surface area contributed by atoms with Gasteiger partial charge in [-0.1, -0.05) is 11.6 Å². The zero-order valence-corrected chi connectivity index (χ0v) is 11.6. The summed E-state index contributed by atoms with van der Waals surface area (Å²) < 4.78 is 0. The lowest BCUT2D eigenvalue weighted by Gasteiger charge is -2.14. The fourth-order valence-electron chi connectivity index (χ4n) is 1.74. The average molecular weight is 278 g/mol. The van der Waals surface area contributed by atoms with Crippen LogP contribution in [0.15, 0.2) is 23.7 Å². The number of halogens is 1. The molecule has 3 nitrogen and oxygen atoms in total. The van der Waals surface area contributed by atoms with Gasteiger partial charge < -0.3 is 5.32 Å². The van der Waals surface area contributed by atoms with Crippen LogP contribution < -0.4 is 5.32 Å². The van der Waals surface area contributed by atoms with Crippen LogP contribution >= 0.6 is 22.9 Å². The molecule has 18 heavy (non-hydrogen) atoms. The van der Waals surface area contributed by atoms with Gasteiger partial charge in [0.1, 0.15) is 6.07 Å². The van der Waals surface area contributed by atoms with Crippen LogP contribution in [0.25, 0.3) is 0 Å². The number of hydrogen-bond donors (Lipinski definition) is 1. The molecule has 0 bridgehead atoms. The highest BCUT2D eigenvalue weighted by molar-refractivity contribution is 7.09. The summed E-state index contributed by atoms with van der Waals surface area (Å²) in [7, 11) is 0. The smallest absolute Gasteiger partial charge is 0.101 e. The maximum atomic E-state index is 8.82. The lowest BCUT2D eigenvalue weighted by Crippen LogP contribution is -2.06. The van der Waals surface area contributed by atoms with Gasteiger partial charge in [0.2, 0.25) is 0 Å². The Bertz CT molecular complexity index is 601. The van der Waals surface area contributed by atoms with E-state index in [0.29, 0.717) is 10.6 Å². The minimum absolute atomic E-state index is 0.168. The van der Waals surface area contributed by atoms with Gasteiger partial charge in [0.15, 0.2) is 0 Å². The number of nitrogens with zero attached hydrogens (tertiary/aromatic N) is 2. The number of anilines is 1. The van der Waals surface area contributed by atoms with E-state index in [1.807, 2.05) is 24.6 Å². The summed E-state index contributed by atoms with van der Waals surface area (Å²) in [6.45, 7) is 4.07. The third-order valence-electron chi connectivity index (χ3n) is 2.65. The Kier molecular flexibility index (Phi) is 3.85. The number of nitriles is 1. The summed E-state index contributed by atoms with van der Waals surface area (Å²) in [6, 6.07) is 7.56. The molecule has 0 spiro atoms. The molecule has 0 aliphatic carbocycles. The summed E-state index contributed by atoms with van der Waals surface area (Å²) in [5.74, 6) is 0. The van der Waals surface area contributed by atoms with Crippen molar-refractivity contribution in [1.82, 2.24) is 4.98 Å². The average Bonchev–Trinajstić information content (AvgIpc) is 2.76. The Morgan fingerprint density at radius 2 is 2.28 bits per heavy atom. The molecule has 2 rings (SSSR count). The fourth-order valence-corrected chi connectivity index (χ4v) is 2.77. The summed E-state index contributed by atoms with van der Waals surface area (Å²) >= 11 is 7.63. The maximum absolute atomic E-state index is 8.82. The van der Waals surface area contributed by atoms with E-state index in [-0.39, 0.29) is 6.04 Å². The molecule has 0 aliphatic heterocycles. The first-order valence-corrected chi connectivity index (χ1v) is 6.73. The summed E-state index contributed by atoms with van der Waals surface area (Å²) in [6.07, 6.45) is 0. The van der Waals surface area contributed by atoms with E-state index in [0.717, 1.165) is 11.4 Å². The molecule has 0 fully saturated rings. The highest BCUT2D eigenvalue weighted by atomic mass is 35.5. The Hall–Kier alpha value is -1.57. The van der Waals surface area contributed by atoms with Gasteiger partial charge in [0.25, 0.3) is 0 Å². The molecule has 1 unspecified atom stereocenters.